The molecule has 14 heteroatoms. The van der Waals surface area contributed by atoms with Crippen molar-refractivity contribution >= 4 is 33.1 Å². The van der Waals surface area contributed by atoms with Gasteiger partial charge in [-0.3, -0.25) is 9.89 Å². The van der Waals surface area contributed by atoms with E-state index in [0.29, 0.717) is 42.3 Å². The molecule has 0 bridgehead atoms. The lowest BCUT2D eigenvalue weighted by molar-refractivity contribution is 0.0904. The zero-order chi connectivity index (χ0) is 30.1. The Balaban J connectivity index is 1.27. The van der Waals surface area contributed by atoms with Crippen LogP contribution in [0.1, 0.15) is 34.5 Å². The summed E-state index contributed by atoms with van der Waals surface area (Å²) in [4.78, 5) is 17.9. The average molecular weight is 616 g/mol. The molecule has 4 heterocycles. The molecule has 2 fully saturated rings. The maximum Gasteiger partial charge on any atom is 0.261 e. The second-order valence-corrected chi connectivity index (χ2v) is 13.1. The van der Waals surface area contributed by atoms with Gasteiger partial charge in [0.1, 0.15) is 11.6 Å². The number of fused-ring (bicyclic) bond motifs is 1. The van der Waals surface area contributed by atoms with Crippen LogP contribution in [0.2, 0.25) is 0 Å². The van der Waals surface area contributed by atoms with Gasteiger partial charge in [-0.25, -0.2) is 17.2 Å². The van der Waals surface area contributed by atoms with Crippen LogP contribution in [-0.2, 0) is 27.7 Å². The number of anilines is 3. The molecule has 1 aromatic heterocycles. The summed E-state index contributed by atoms with van der Waals surface area (Å²) in [5.74, 6) is -1.89. The van der Waals surface area contributed by atoms with E-state index in [9.17, 15) is 17.6 Å². The number of nitrogens with one attached hydrogen (secondary N) is 3. The van der Waals surface area contributed by atoms with Crippen LogP contribution in [0.4, 0.5) is 26.0 Å². The molecule has 11 nitrogen and oxygen atoms in total. The molecule has 0 saturated carbocycles. The molecule has 1 amide bonds. The number of nitrogens with zero attached hydrogens (tertiary/aromatic N) is 4. The first-order valence-corrected chi connectivity index (χ1v) is 15.9. The molecule has 3 aromatic rings. The van der Waals surface area contributed by atoms with Crippen molar-refractivity contribution in [1.82, 2.24) is 19.4 Å². The smallest absolute Gasteiger partial charge is 0.261 e. The monoisotopic (exact) mass is 615 g/mol. The van der Waals surface area contributed by atoms with E-state index in [1.807, 2.05) is 13.1 Å². The summed E-state index contributed by atoms with van der Waals surface area (Å²) in [6.45, 7) is 4.41. The number of rotatable bonds is 7. The van der Waals surface area contributed by atoms with Crippen LogP contribution in [-0.4, -0.2) is 92.8 Å². The molecule has 0 aliphatic carbocycles. The molecule has 6 rings (SSSR count). The third kappa shape index (κ3) is 6.23. The van der Waals surface area contributed by atoms with Crippen LogP contribution in [0.25, 0.3) is 0 Å². The van der Waals surface area contributed by atoms with Crippen LogP contribution in [0.5, 0.6) is 0 Å². The Labute approximate surface area is 249 Å². The summed E-state index contributed by atoms with van der Waals surface area (Å²) < 4.78 is 62.8. The fourth-order valence-electron chi connectivity index (χ4n) is 5.77. The number of aromatic nitrogens is 2. The Morgan fingerprint density at radius 3 is 2.58 bits per heavy atom. The molecular weight excluding hydrogens is 580 g/mol. The van der Waals surface area contributed by atoms with E-state index < -0.39 is 27.6 Å². The highest BCUT2D eigenvalue weighted by Crippen LogP contribution is 2.32. The van der Waals surface area contributed by atoms with Crippen molar-refractivity contribution in [3.63, 3.8) is 0 Å². The van der Waals surface area contributed by atoms with E-state index in [1.54, 1.807) is 0 Å². The lowest BCUT2D eigenvalue weighted by atomic mass is 10.0. The zero-order valence-corrected chi connectivity index (χ0v) is 24.7. The molecule has 0 unspecified atom stereocenters. The van der Waals surface area contributed by atoms with E-state index in [4.69, 9.17) is 4.74 Å². The second kappa shape index (κ2) is 12.2. The van der Waals surface area contributed by atoms with Gasteiger partial charge in [-0.1, -0.05) is 6.07 Å². The maximum absolute atomic E-state index is 15.8. The highest BCUT2D eigenvalue weighted by Gasteiger charge is 2.33. The van der Waals surface area contributed by atoms with Gasteiger partial charge >= 0.3 is 0 Å². The Morgan fingerprint density at radius 1 is 1.07 bits per heavy atom. The molecule has 3 N–H and O–H groups in total. The molecule has 3 aliphatic rings. The number of piperazine rings is 1. The van der Waals surface area contributed by atoms with Gasteiger partial charge in [0.25, 0.3) is 5.91 Å². The quantitative estimate of drug-likeness (QED) is 0.371. The fraction of sp³-hybridized carbons (Fsp3) is 0.448. The number of aromatic amines is 1. The first kappa shape index (κ1) is 29.5. The summed E-state index contributed by atoms with van der Waals surface area (Å²) >= 11 is 0. The SMILES string of the molecule is CN1CCN(c2cc(F)c(C(=O)Nc3n[nH]c4c3CN(S(=O)(=O)c3cccc(F)c3)CC4)c(NC3CCOCC3)c2)CC1. The van der Waals surface area contributed by atoms with Gasteiger partial charge in [-0.05, 0) is 50.2 Å². The fourth-order valence-corrected chi connectivity index (χ4v) is 7.21. The number of likely N-dealkylation sites (N-methyl/N-ethyl adjacent to an activating group) is 1. The molecule has 2 saturated heterocycles. The van der Waals surface area contributed by atoms with Crippen LogP contribution in [0.15, 0.2) is 41.3 Å². The molecule has 43 heavy (non-hydrogen) atoms. The Morgan fingerprint density at radius 2 is 1.84 bits per heavy atom. The molecular formula is C29H35F2N7O4S. The number of hydrogen-bond donors (Lipinski definition) is 3. The summed E-state index contributed by atoms with van der Waals surface area (Å²) in [5.41, 5.74) is 2.10. The predicted octanol–water partition coefficient (Wildman–Crippen LogP) is 3.03. The summed E-state index contributed by atoms with van der Waals surface area (Å²) in [5, 5.41) is 13.2. The van der Waals surface area contributed by atoms with Crippen molar-refractivity contribution < 1.29 is 26.7 Å². The lowest BCUT2D eigenvalue weighted by Gasteiger charge is -2.35. The number of carbonyl (C=O) groups excluding carboxylic acids is 1. The number of benzene rings is 2. The third-order valence-corrected chi connectivity index (χ3v) is 10.2. The normalized spacial score (nSPS) is 18.8. The number of halogens is 2. The van der Waals surface area contributed by atoms with Gasteiger partial charge in [-0.2, -0.15) is 9.40 Å². The van der Waals surface area contributed by atoms with Crippen molar-refractivity contribution in [2.75, 3.05) is 68.5 Å². The summed E-state index contributed by atoms with van der Waals surface area (Å²) in [7, 11) is -1.95. The first-order valence-electron chi connectivity index (χ1n) is 14.4. The Kier molecular flexibility index (Phi) is 8.36. The van der Waals surface area contributed by atoms with Gasteiger partial charge < -0.3 is 25.2 Å². The van der Waals surface area contributed by atoms with Gasteiger partial charge in [0.2, 0.25) is 10.0 Å². The molecule has 0 atom stereocenters. The van der Waals surface area contributed by atoms with Gasteiger partial charge in [0.05, 0.1) is 16.1 Å². The largest absolute Gasteiger partial charge is 0.381 e. The van der Waals surface area contributed by atoms with E-state index in [1.165, 1.54) is 28.6 Å². The number of ether oxygens (including phenoxy) is 1. The van der Waals surface area contributed by atoms with Crippen molar-refractivity contribution in [3.05, 3.63) is 64.9 Å². The summed E-state index contributed by atoms with van der Waals surface area (Å²) in [6, 6.07) is 8.07. The topological polar surface area (TPSA) is 123 Å². The Hall–Kier alpha value is -3.59. The number of amides is 1. The number of sulfonamides is 1. The standard InChI is InChI=1S/C29H35F2N7O4S/c1-36-9-11-37(12-10-36)21-16-24(31)27(26(17-21)32-20-6-13-42-14-7-20)29(39)33-28-23-18-38(8-5-25(23)34-35-28)43(40,41)22-4-2-3-19(30)15-22/h2-4,15-17,20,32H,5-14,18H2,1H3,(H2,33,34,35,39). The van der Waals surface area contributed by atoms with Crippen LogP contribution in [0.3, 0.4) is 0 Å². The van der Waals surface area contributed by atoms with E-state index in [-0.39, 0.29) is 35.4 Å². The minimum atomic E-state index is -4.00. The molecule has 230 valence electrons. The minimum absolute atomic E-state index is 0.0159. The van der Waals surface area contributed by atoms with Crippen LogP contribution in [0, 0.1) is 11.6 Å². The van der Waals surface area contributed by atoms with Gasteiger partial charge in [0.15, 0.2) is 5.82 Å². The van der Waals surface area contributed by atoms with Crippen molar-refractivity contribution in [1.29, 1.82) is 0 Å². The zero-order valence-electron chi connectivity index (χ0n) is 23.9. The number of H-pyrrole nitrogens is 1. The second-order valence-electron chi connectivity index (χ2n) is 11.2. The van der Waals surface area contributed by atoms with E-state index in [0.717, 1.165) is 45.1 Å². The van der Waals surface area contributed by atoms with Crippen molar-refractivity contribution in [3.8, 4) is 0 Å². The average Bonchev–Trinajstić information content (AvgIpc) is 3.39. The Bertz CT molecular complexity index is 1600. The molecule has 3 aliphatic heterocycles. The number of carbonyl (C=O) groups is 1. The molecule has 2 aromatic carbocycles. The highest BCUT2D eigenvalue weighted by atomic mass is 32.2. The highest BCUT2D eigenvalue weighted by molar-refractivity contribution is 7.89. The summed E-state index contributed by atoms with van der Waals surface area (Å²) in [6.07, 6.45) is 1.77. The van der Waals surface area contributed by atoms with Crippen LogP contribution >= 0.6 is 0 Å². The molecule has 0 spiro atoms. The van der Waals surface area contributed by atoms with Crippen LogP contribution < -0.4 is 15.5 Å². The van der Waals surface area contributed by atoms with Gasteiger partial charge in [-0.15, -0.1) is 0 Å². The van der Waals surface area contributed by atoms with Crippen molar-refractivity contribution in [2.24, 2.45) is 0 Å². The lowest BCUT2D eigenvalue weighted by Crippen LogP contribution is -2.44. The maximum atomic E-state index is 15.8. The molecule has 0 radical (unpaired) electrons. The van der Waals surface area contributed by atoms with Crippen molar-refractivity contribution in [2.45, 2.75) is 36.7 Å². The van der Waals surface area contributed by atoms with E-state index >= 15 is 4.39 Å². The predicted molar refractivity (Wildman–Crippen MR) is 158 cm³/mol. The first-order chi connectivity index (χ1) is 20.7. The van der Waals surface area contributed by atoms with E-state index in [2.05, 4.69) is 30.6 Å². The number of hydrogen-bond acceptors (Lipinski definition) is 8. The minimum Gasteiger partial charge on any atom is -0.381 e. The van der Waals surface area contributed by atoms with Gasteiger partial charge in [0, 0.05) is 81.9 Å². The third-order valence-electron chi connectivity index (χ3n) is 8.32.